The molecule has 0 spiro atoms. The average molecular weight is 268 g/mol. The minimum Gasteiger partial charge on any atom is -0.0850 e. The molecular weight excluding hydrogens is 256 g/mol. The Morgan fingerprint density at radius 1 is 1.50 bits per heavy atom. The summed E-state index contributed by atoms with van der Waals surface area (Å²) in [6.07, 6.45) is 8.18. The molecule has 0 N–H and O–H groups in total. The molecule has 10 heavy (non-hydrogen) atoms. The predicted octanol–water partition coefficient (Wildman–Crippen LogP) is 3.85. The summed E-state index contributed by atoms with van der Waals surface area (Å²) in [5.41, 5.74) is 1.74. The molecule has 0 aromatic carbocycles. The van der Waals surface area contributed by atoms with Gasteiger partial charge in [-0.05, 0) is 31.6 Å². The van der Waals surface area contributed by atoms with Gasteiger partial charge in [-0.2, -0.15) is 0 Å². The van der Waals surface area contributed by atoms with Gasteiger partial charge >= 0.3 is 0 Å². The van der Waals surface area contributed by atoms with E-state index in [1.807, 2.05) is 0 Å². The number of rotatable bonds is 0. The first kappa shape index (κ1) is 8.79. The van der Waals surface area contributed by atoms with E-state index in [2.05, 4.69) is 37.9 Å². The third-order valence-corrected chi connectivity index (χ3v) is 2.16. The van der Waals surface area contributed by atoms with Gasteiger partial charge in [-0.1, -0.05) is 43.5 Å². The molecule has 0 saturated heterocycles. The first-order chi connectivity index (χ1) is 4.86. The van der Waals surface area contributed by atoms with Crippen LogP contribution in [0.5, 0.6) is 0 Å². The van der Waals surface area contributed by atoms with E-state index in [0.717, 1.165) is 10.2 Å². The number of fused-ring (bicyclic) bond motifs is 2. The molecule has 0 amide bonds. The molecule has 0 aliphatic heterocycles. The van der Waals surface area contributed by atoms with Gasteiger partial charge in [0.2, 0.25) is 0 Å². The summed E-state index contributed by atoms with van der Waals surface area (Å²) in [4.78, 5) is 0. The second kappa shape index (κ2) is 4.55. The van der Waals surface area contributed by atoms with Gasteiger partial charge in [0.25, 0.3) is 0 Å². The zero-order chi connectivity index (χ0) is 7.40. The molecule has 0 heterocycles. The highest BCUT2D eigenvalue weighted by atomic mass is 79.9. The maximum absolute atomic E-state index is 3.06. The van der Waals surface area contributed by atoms with E-state index in [9.17, 15) is 0 Å². The Labute approximate surface area is 79.3 Å². The monoisotopic (exact) mass is 266 g/mol. The summed E-state index contributed by atoms with van der Waals surface area (Å²) in [7, 11) is 0. The van der Waals surface area contributed by atoms with Gasteiger partial charge in [0.15, 0.2) is 0 Å². The van der Waals surface area contributed by atoms with Crippen molar-refractivity contribution in [3.8, 4) is 0 Å². The quantitative estimate of drug-likeness (QED) is 0.462. The molecular formula is C8H12Br2. The lowest BCUT2D eigenvalue weighted by molar-refractivity contribution is 0.576. The smallest absolute Gasteiger partial charge is 0.0588 e. The van der Waals surface area contributed by atoms with Gasteiger partial charge < -0.3 is 0 Å². The third-order valence-electron chi connectivity index (χ3n) is 2.16. The Morgan fingerprint density at radius 2 is 2.20 bits per heavy atom. The Kier molecular flexibility index (Phi) is 4.00. The van der Waals surface area contributed by atoms with Crippen LogP contribution in [0.2, 0.25) is 0 Å². The van der Waals surface area contributed by atoms with Crippen LogP contribution in [0.3, 0.4) is 0 Å². The lowest BCUT2D eigenvalue weighted by atomic mass is 10.1. The molecule has 2 heteroatoms. The fourth-order valence-electron chi connectivity index (χ4n) is 1.68. The van der Waals surface area contributed by atoms with E-state index >= 15 is 0 Å². The van der Waals surface area contributed by atoms with Crippen LogP contribution in [0.1, 0.15) is 25.7 Å². The summed E-state index contributed by atoms with van der Waals surface area (Å²) < 4.78 is 0.875. The van der Waals surface area contributed by atoms with E-state index in [1.165, 1.54) is 25.7 Å². The van der Waals surface area contributed by atoms with Gasteiger partial charge in [0.1, 0.15) is 0 Å². The topological polar surface area (TPSA) is 0 Å². The van der Waals surface area contributed by atoms with Crippen LogP contribution in [0.25, 0.3) is 0 Å². The lowest BCUT2D eigenvalue weighted by Gasteiger charge is -1.98. The molecule has 1 saturated carbocycles. The van der Waals surface area contributed by atoms with E-state index in [4.69, 9.17) is 0 Å². The van der Waals surface area contributed by atoms with Gasteiger partial charge in [0, 0.05) is 0 Å². The van der Waals surface area contributed by atoms with Crippen molar-refractivity contribution in [2.75, 3.05) is 4.24 Å². The molecule has 1 atom stereocenters. The van der Waals surface area contributed by atoms with Crippen molar-refractivity contribution in [3.05, 3.63) is 11.6 Å². The molecule has 2 bridgehead atoms. The molecule has 2 aliphatic rings. The molecule has 0 nitrogen and oxygen atoms in total. The average Bonchev–Trinajstić information content (AvgIpc) is 2.49. The summed E-state index contributed by atoms with van der Waals surface area (Å²) in [6, 6.07) is 0. The van der Waals surface area contributed by atoms with Crippen molar-refractivity contribution >= 4 is 31.9 Å². The van der Waals surface area contributed by atoms with Crippen LogP contribution in [0.4, 0.5) is 0 Å². The summed E-state index contributed by atoms with van der Waals surface area (Å²) in [5, 5.41) is 0. The molecule has 2 rings (SSSR count). The lowest BCUT2D eigenvalue weighted by Crippen LogP contribution is -1.85. The van der Waals surface area contributed by atoms with Crippen molar-refractivity contribution in [2.24, 2.45) is 5.92 Å². The normalized spacial score (nSPS) is 27.4. The van der Waals surface area contributed by atoms with E-state index in [-0.39, 0.29) is 0 Å². The van der Waals surface area contributed by atoms with Crippen molar-refractivity contribution in [1.29, 1.82) is 0 Å². The zero-order valence-electron chi connectivity index (χ0n) is 5.95. The summed E-state index contributed by atoms with van der Waals surface area (Å²) in [6.45, 7) is 0. The fraction of sp³-hybridized carbons (Fsp3) is 0.750. The van der Waals surface area contributed by atoms with Gasteiger partial charge in [-0.25, -0.2) is 0 Å². The van der Waals surface area contributed by atoms with Crippen molar-refractivity contribution in [1.82, 2.24) is 0 Å². The highest BCUT2D eigenvalue weighted by molar-refractivity contribution is 9.24. The SMILES string of the molecule is BrCBr.C1=C2CCC(C1)C2. The first-order valence-corrected chi connectivity index (χ1v) is 5.91. The third kappa shape index (κ3) is 2.39. The highest BCUT2D eigenvalue weighted by Gasteiger charge is 2.22. The molecule has 0 radical (unpaired) electrons. The van der Waals surface area contributed by atoms with Crippen LogP contribution < -0.4 is 0 Å². The highest BCUT2D eigenvalue weighted by Crippen LogP contribution is 2.38. The number of alkyl halides is 2. The van der Waals surface area contributed by atoms with Crippen LogP contribution in [-0.4, -0.2) is 4.24 Å². The Hall–Kier alpha value is 0.700. The fourth-order valence-corrected chi connectivity index (χ4v) is 1.68. The van der Waals surface area contributed by atoms with Crippen LogP contribution >= 0.6 is 31.9 Å². The van der Waals surface area contributed by atoms with Crippen LogP contribution in [0, 0.1) is 5.92 Å². The van der Waals surface area contributed by atoms with Gasteiger partial charge in [-0.15, -0.1) is 0 Å². The molecule has 1 fully saturated rings. The van der Waals surface area contributed by atoms with Crippen molar-refractivity contribution < 1.29 is 0 Å². The number of halogens is 2. The Balaban J connectivity index is 0.000000148. The standard InChI is InChI=1S/C7H10.CH2Br2/c1-2-7-4-3-6(1)5-7;2-1-3/h1,7H,2-5H2;1H2. The molecule has 0 aromatic heterocycles. The molecule has 1 unspecified atom stereocenters. The predicted molar refractivity (Wildman–Crippen MR) is 52.8 cm³/mol. The van der Waals surface area contributed by atoms with Crippen LogP contribution in [0.15, 0.2) is 11.6 Å². The first-order valence-electron chi connectivity index (χ1n) is 3.66. The Bertz CT molecular complexity index is 129. The molecule has 0 aromatic rings. The summed E-state index contributed by atoms with van der Waals surface area (Å²) in [5.74, 6) is 1.08. The number of hydrogen-bond acceptors (Lipinski definition) is 0. The number of hydrogen-bond donors (Lipinski definition) is 0. The summed E-state index contributed by atoms with van der Waals surface area (Å²) >= 11 is 6.12. The maximum atomic E-state index is 3.06. The second-order valence-electron chi connectivity index (χ2n) is 2.81. The zero-order valence-corrected chi connectivity index (χ0v) is 9.12. The van der Waals surface area contributed by atoms with Crippen molar-refractivity contribution in [2.45, 2.75) is 25.7 Å². The van der Waals surface area contributed by atoms with Crippen LogP contribution in [-0.2, 0) is 0 Å². The molecule has 58 valence electrons. The largest absolute Gasteiger partial charge is 0.0850 e. The van der Waals surface area contributed by atoms with E-state index in [0.29, 0.717) is 0 Å². The second-order valence-corrected chi connectivity index (χ2v) is 5.43. The minimum atomic E-state index is 0.875. The maximum Gasteiger partial charge on any atom is 0.0588 e. The number of allylic oxidation sites excluding steroid dienone is 2. The van der Waals surface area contributed by atoms with Gasteiger partial charge in [0.05, 0.1) is 4.24 Å². The molecule has 2 aliphatic carbocycles. The van der Waals surface area contributed by atoms with Crippen molar-refractivity contribution in [3.63, 3.8) is 0 Å². The van der Waals surface area contributed by atoms with Gasteiger partial charge in [-0.3, -0.25) is 0 Å². The Morgan fingerprint density at radius 3 is 2.30 bits per heavy atom. The minimum absolute atomic E-state index is 0.875. The van der Waals surface area contributed by atoms with E-state index in [1.54, 1.807) is 5.57 Å². The van der Waals surface area contributed by atoms with E-state index < -0.39 is 0 Å².